The molecule has 0 aromatic heterocycles. The molecule has 78 valence electrons. The average molecular weight is 185 g/mol. The second-order valence-electron chi connectivity index (χ2n) is 4.44. The van der Waals surface area contributed by atoms with Gasteiger partial charge in [0.1, 0.15) is 0 Å². The Morgan fingerprint density at radius 2 is 1.85 bits per heavy atom. The molecule has 1 aliphatic rings. The van der Waals surface area contributed by atoms with Crippen LogP contribution < -0.4 is 5.32 Å². The van der Waals surface area contributed by atoms with Crippen LogP contribution in [0.2, 0.25) is 0 Å². The molecule has 0 spiro atoms. The quantitative estimate of drug-likeness (QED) is 0.701. The standard InChI is InChI=1S/C11H23NO/c1-9(13)8-12-10(2)11-6-4-3-5-7-11/h9-13H,3-8H2,1-2H3/t9-,10+/m1/s1. The molecule has 1 aliphatic carbocycles. The van der Waals surface area contributed by atoms with Gasteiger partial charge in [0.2, 0.25) is 0 Å². The van der Waals surface area contributed by atoms with E-state index in [1.165, 1.54) is 32.1 Å². The molecule has 2 heteroatoms. The zero-order chi connectivity index (χ0) is 9.68. The lowest BCUT2D eigenvalue weighted by Crippen LogP contribution is -2.38. The largest absolute Gasteiger partial charge is 0.392 e. The van der Waals surface area contributed by atoms with Gasteiger partial charge in [0.05, 0.1) is 6.10 Å². The molecular formula is C11H23NO. The van der Waals surface area contributed by atoms with Gasteiger partial charge >= 0.3 is 0 Å². The molecule has 1 saturated carbocycles. The molecule has 0 aliphatic heterocycles. The van der Waals surface area contributed by atoms with Crippen molar-refractivity contribution in [2.45, 2.75) is 58.1 Å². The molecule has 2 N–H and O–H groups in total. The van der Waals surface area contributed by atoms with E-state index in [4.69, 9.17) is 5.11 Å². The molecule has 0 aromatic rings. The minimum atomic E-state index is -0.217. The number of nitrogens with one attached hydrogen (secondary N) is 1. The first-order valence-corrected chi connectivity index (χ1v) is 5.61. The van der Waals surface area contributed by atoms with Crippen LogP contribution in [0.4, 0.5) is 0 Å². The fraction of sp³-hybridized carbons (Fsp3) is 1.00. The van der Waals surface area contributed by atoms with Crippen LogP contribution in [-0.2, 0) is 0 Å². The van der Waals surface area contributed by atoms with E-state index in [1.54, 1.807) is 0 Å². The van der Waals surface area contributed by atoms with Crippen molar-refractivity contribution in [2.24, 2.45) is 5.92 Å². The third-order valence-electron chi connectivity index (χ3n) is 3.09. The zero-order valence-electron chi connectivity index (χ0n) is 8.92. The van der Waals surface area contributed by atoms with E-state index in [0.717, 1.165) is 12.5 Å². The Kier molecular flexibility index (Phi) is 4.74. The smallest absolute Gasteiger partial charge is 0.0636 e. The second-order valence-corrected chi connectivity index (χ2v) is 4.44. The predicted octanol–water partition coefficient (Wildman–Crippen LogP) is 1.93. The van der Waals surface area contributed by atoms with Gasteiger partial charge in [-0.25, -0.2) is 0 Å². The van der Waals surface area contributed by atoms with E-state index in [2.05, 4.69) is 12.2 Å². The zero-order valence-corrected chi connectivity index (χ0v) is 8.92. The molecule has 0 aromatic carbocycles. The van der Waals surface area contributed by atoms with Crippen LogP contribution in [0.15, 0.2) is 0 Å². The lowest BCUT2D eigenvalue weighted by Gasteiger charge is -2.28. The van der Waals surface area contributed by atoms with Crippen LogP contribution in [0, 0.1) is 5.92 Å². The number of rotatable bonds is 4. The Morgan fingerprint density at radius 1 is 1.23 bits per heavy atom. The van der Waals surface area contributed by atoms with Crippen LogP contribution in [0.1, 0.15) is 46.0 Å². The molecule has 0 bridgehead atoms. The van der Waals surface area contributed by atoms with Gasteiger partial charge in [0, 0.05) is 12.6 Å². The first kappa shape index (κ1) is 11.0. The normalized spacial score (nSPS) is 24.2. The van der Waals surface area contributed by atoms with E-state index in [9.17, 15) is 0 Å². The molecular weight excluding hydrogens is 162 g/mol. The van der Waals surface area contributed by atoms with E-state index < -0.39 is 0 Å². The maximum absolute atomic E-state index is 9.14. The topological polar surface area (TPSA) is 32.3 Å². The molecule has 13 heavy (non-hydrogen) atoms. The highest BCUT2D eigenvalue weighted by Crippen LogP contribution is 2.26. The number of hydrogen-bond donors (Lipinski definition) is 2. The number of aliphatic hydroxyl groups excluding tert-OH is 1. The van der Waals surface area contributed by atoms with Crippen molar-refractivity contribution in [3.8, 4) is 0 Å². The first-order valence-electron chi connectivity index (χ1n) is 5.61. The summed E-state index contributed by atoms with van der Waals surface area (Å²) in [5.41, 5.74) is 0. The Labute approximate surface area is 81.7 Å². The van der Waals surface area contributed by atoms with Crippen molar-refractivity contribution in [2.75, 3.05) is 6.54 Å². The fourth-order valence-electron chi connectivity index (χ4n) is 2.16. The highest BCUT2D eigenvalue weighted by atomic mass is 16.3. The van der Waals surface area contributed by atoms with Crippen LogP contribution >= 0.6 is 0 Å². The molecule has 1 fully saturated rings. The van der Waals surface area contributed by atoms with Crippen LogP contribution in [0.5, 0.6) is 0 Å². The van der Waals surface area contributed by atoms with Crippen molar-refractivity contribution in [1.29, 1.82) is 0 Å². The van der Waals surface area contributed by atoms with Crippen molar-refractivity contribution >= 4 is 0 Å². The Morgan fingerprint density at radius 3 is 2.38 bits per heavy atom. The van der Waals surface area contributed by atoms with Gasteiger partial charge in [-0.1, -0.05) is 19.3 Å². The molecule has 0 heterocycles. The monoisotopic (exact) mass is 185 g/mol. The summed E-state index contributed by atoms with van der Waals surface area (Å²) in [6.45, 7) is 4.82. The van der Waals surface area contributed by atoms with Crippen molar-refractivity contribution in [3.05, 3.63) is 0 Å². The Bertz CT molecular complexity index is 130. The molecule has 0 unspecified atom stereocenters. The van der Waals surface area contributed by atoms with Gasteiger partial charge < -0.3 is 10.4 Å². The van der Waals surface area contributed by atoms with Gasteiger partial charge in [-0.15, -0.1) is 0 Å². The molecule has 2 atom stereocenters. The van der Waals surface area contributed by atoms with Crippen LogP contribution in [0.25, 0.3) is 0 Å². The molecule has 0 radical (unpaired) electrons. The van der Waals surface area contributed by atoms with E-state index in [1.807, 2.05) is 6.92 Å². The Hall–Kier alpha value is -0.0800. The van der Waals surface area contributed by atoms with Crippen molar-refractivity contribution < 1.29 is 5.11 Å². The summed E-state index contributed by atoms with van der Waals surface area (Å²) >= 11 is 0. The van der Waals surface area contributed by atoms with Gasteiger partial charge in [0.15, 0.2) is 0 Å². The summed E-state index contributed by atoms with van der Waals surface area (Å²) in [5.74, 6) is 0.840. The van der Waals surface area contributed by atoms with E-state index >= 15 is 0 Å². The lowest BCUT2D eigenvalue weighted by molar-refractivity contribution is 0.175. The molecule has 2 nitrogen and oxygen atoms in total. The third-order valence-corrected chi connectivity index (χ3v) is 3.09. The first-order chi connectivity index (χ1) is 6.20. The lowest BCUT2D eigenvalue weighted by atomic mass is 9.84. The SMILES string of the molecule is C[C@H](NC[C@@H](C)O)C1CCCCC1. The van der Waals surface area contributed by atoms with Crippen molar-refractivity contribution in [3.63, 3.8) is 0 Å². The van der Waals surface area contributed by atoms with Gasteiger partial charge in [-0.2, -0.15) is 0 Å². The van der Waals surface area contributed by atoms with Crippen LogP contribution in [-0.4, -0.2) is 23.8 Å². The summed E-state index contributed by atoms with van der Waals surface area (Å²) < 4.78 is 0. The molecule has 1 rings (SSSR count). The summed E-state index contributed by atoms with van der Waals surface area (Å²) in [6.07, 6.45) is 6.73. The molecule has 0 amide bonds. The number of aliphatic hydroxyl groups is 1. The average Bonchev–Trinajstić information content (AvgIpc) is 2.15. The maximum Gasteiger partial charge on any atom is 0.0636 e. The second kappa shape index (κ2) is 5.61. The fourth-order valence-corrected chi connectivity index (χ4v) is 2.16. The number of hydrogen-bond acceptors (Lipinski definition) is 2. The summed E-state index contributed by atoms with van der Waals surface area (Å²) in [7, 11) is 0. The molecule has 0 saturated heterocycles. The van der Waals surface area contributed by atoms with Crippen LogP contribution in [0.3, 0.4) is 0 Å². The van der Waals surface area contributed by atoms with Gasteiger partial charge in [-0.05, 0) is 32.6 Å². The maximum atomic E-state index is 9.14. The summed E-state index contributed by atoms with van der Waals surface area (Å²) in [5, 5.41) is 12.5. The highest BCUT2D eigenvalue weighted by Gasteiger charge is 2.19. The minimum Gasteiger partial charge on any atom is -0.392 e. The highest BCUT2D eigenvalue weighted by molar-refractivity contribution is 4.76. The van der Waals surface area contributed by atoms with Gasteiger partial charge in [-0.3, -0.25) is 0 Å². The van der Waals surface area contributed by atoms with Crippen molar-refractivity contribution in [1.82, 2.24) is 5.32 Å². The minimum absolute atomic E-state index is 0.217. The Balaban J connectivity index is 2.17. The summed E-state index contributed by atoms with van der Waals surface area (Å²) in [4.78, 5) is 0. The summed E-state index contributed by atoms with van der Waals surface area (Å²) in [6, 6.07) is 0.579. The predicted molar refractivity (Wildman–Crippen MR) is 55.7 cm³/mol. The van der Waals surface area contributed by atoms with E-state index in [0.29, 0.717) is 6.04 Å². The third kappa shape index (κ3) is 4.10. The van der Waals surface area contributed by atoms with E-state index in [-0.39, 0.29) is 6.10 Å². The van der Waals surface area contributed by atoms with Gasteiger partial charge in [0.25, 0.3) is 0 Å².